The maximum absolute atomic E-state index is 12.4. The molecule has 0 saturated heterocycles. The Balaban J connectivity index is 1.63. The summed E-state index contributed by atoms with van der Waals surface area (Å²) in [6, 6.07) is 7.07. The van der Waals surface area contributed by atoms with Gasteiger partial charge < -0.3 is 29.0 Å². The number of fused-ring (bicyclic) bond motifs is 1. The maximum atomic E-state index is 12.4. The number of nitrogens with one attached hydrogen (secondary N) is 1. The number of nitro benzene ring substituents is 1. The third-order valence-electron chi connectivity index (χ3n) is 5.02. The average Bonchev–Trinajstić information content (AvgIpc) is 3.06. The SMILES string of the molecule is COc1cc(C(=O)OCC(=O)Nc2cc3c(cc2[N+](=O)[O-])OCCCO3)ccc1OCCC(C)C. The second kappa shape index (κ2) is 11.9. The Morgan fingerprint density at radius 1 is 1.11 bits per heavy atom. The summed E-state index contributed by atoms with van der Waals surface area (Å²) in [7, 11) is 1.45. The Labute approximate surface area is 202 Å². The molecule has 0 saturated carbocycles. The molecule has 0 spiro atoms. The van der Waals surface area contributed by atoms with Gasteiger partial charge in [0.1, 0.15) is 5.69 Å². The molecule has 0 radical (unpaired) electrons. The average molecular weight is 488 g/mol. The quantitative estimate of drug-likeness (QED) is 0.299. The molecule has 0 bridgehead atoms. The predicted octanol–water partition coefficient (Wildman–Crippen LogP) is 3.99. The van der Waals surface area contributed by atoms with Crippen LogP contribution >= 0.6 is 0 Å². The zero-order chi connectivity index (χ0) is 25.4. The van der Waals surface area contributed by atoms with Crippen molar-refractivity contribution in [3.63, 3.8) is 0 Å². The lowest BCUT2D eigenvalue weighted by molar-refractivity contribution is -0.384. The molecule has 0 fully saturated rings. The zero-order valence-electron chi connectivity index (χ0n) is 19.8. The van der Waals surface area contributed by atoms with Crippen LogP contribution in [0, 0.1) is 16.0 Å². The lowest BCUT2D eigenvalue weighted by atomic mass is 10.1. The minimum absolute atomic E-state index is 0.0927. The van der Waals surface area contributed by atoms with Crippen LogP contribution in [0.1, 0.15) is 37.0 Å². The molecule has 35 heavy (non-hydrogen) atoms. The highest BCUT2D eigenvalue weighted by molar-refractivity contribution is 5.97. The summed E-state index contributed by atoms with van der Waals surface area (Å²) in [5.74, 6) is 0.318. The molecule has 0 atom stereocenters. The number of nitrogens with zero attached hydrogens (tertiary/aromatic N) is 1. The summed E-state index contributed by atoms with van der Waals surface area (Å²) in [6.07, 6.45) is 1.49. The van der Waals surface area contributed by atoms with Crippen LogP contribution in [0.15, 0.2) is 30.3 Å². The van der Waals surface area contributed by atoms with Crippen LogP contribution in [0.2, 0.25) is 0 Å². The molecule has 1 amide bonds. The zero-order valence-corrected chi connectivity index (χ0v) is 19.8. The first-order chi connectivity index (χ1) is 16.8. The van der Waals surface area contributed by atoms with Crippen molar-refractivity contribution in [1.82, 2.24) is 0 Å². The van der Waals surface area contributed by atoms with Crippen molar-refractivity contribution >= 4 is 23.3 Å². The second-order valence-corrected chi connectivity index (χ2v) is 8.14. The molecule has 1 aliphatic rings. The highest BCUT2D eigenvalue weighted by atomic mass is 16.6. The number of rotatable bonds is 10. The van der Waals surface area contributed by atoms with Crippen LogP contribution in [0.25, 0.3) is 0 Å². The minimum Gasteiger partial charge on any atom is -0.493 e. The van der Waals surface area contributed by atoms with E-state index in [0.29, 0.717) is 43.7 Å². The second-order valence-electron chi connectivity index (χ2n) is 8.14. The van der Waals surface area contributed by atoms with Crippen LogP contribution in [0.5, 0.6) is 23.0 Å². The van der Waals surface area contributed by atoms with Gasteiger partial charge in [-0.05, 0) is 30.5 Å². The number of methoxy groups -OCH3 is 1. The van der Waals surface area contributed by atoms with E-state index < -0.39 is 23.4 Å². The minimum atomic E-state index is -0.764. The normalized spacial score (nSPS) is 12.5. The molecule has 2 aromatic carbocycles. The van der Waals surface area contributed by atoms with Crippen LogP contribution in [0.3, 0.4) is 0 Å². The molecule has 11 heteroatoms. The number of carbonyl (C=O) groups is 2. The molecule has 0 aromatic heterocycles. The van der Waals surface area contributed by atoms with Crippen molar-refractivity contribution in [3.8, 4) is 23.0 Å². The largest absolute Gasteiger partial charge is 0.493 e. The lowest BCUT2D eigenvalue weighted by Crippen LogP contribution is -2.21. The molecular weight excluding hydrogens is 460 g/mol. The molecular formula is C24H28N2O9. The lowest BCUT2D eigenvalue weighted by Gasteiger charge is -2.13. The number of ether oxygens (including phenoxy) is 5. The van der Waals surface area contributed by atoms with Crippen molar-refractivity contribution in [1.29, 1.82) is 0 Å². The third-order valence-corrected chi connectivity index (χ3v) is 5.02. The number of anilines is 1. The Hall–Kier alpha value is -4.02. The van der Waals surface area contributed by atoms with Crippen molar-refractivity contribution in [2.24, 2.45) is 5.92 Å². The van der Waals surface area contributed by atoms with Gasteiger partial charge in [-0.2, -0.15) is 0 Å². The third kappa shape index (κ3) is 6.98. The highest BCUT2D eigenvalue weighted by Gasteiger charge is 2.23. The maximum Gasteiger partial charge on any atom is 0.338 e. The van der Waals surface area contributed by atoms with E-state index in [4.69, 9.17) is 23.7 Å². The molecule has 2 aromatic rings. The van der Waals surface area contributed by atoms with E-state index in [1.807, 2.05) is 0 Å². The van der Waals surface area contributed by atoms with Crippen LogP contribution in [0.4, 0.5) is 11.4 Å². The molecule has 188 valence electrons. The van der Waals surface area contributed by atoms with E-state index in [9.17, 15) is 19.7 Å². The van der Waals surface area contributed by atoms with Gasteiger partial charge in [-0.15, -0.1) is 0 Å². The molecule has 0 aliphatic carbocycles. The van der Waals surface area contributed by atoms with Gasteiger partial charge in [0.15, 0.2) is 29.6 Å². The summed E-state index contributed by atoms with van der Waals surface area (Å²) < 4.78 is 27.0. The predicted molar refractivity (Wildman–Crippen MR) is 126 cm³/mol. The fourth-order valence-corrected chi connectivity index (χ4v) is 3.17. The summed E-state index contributed by atoms with van der Waals surface area (Å²) in [4.78, 5) is 35.6. The van der Waals surface area contributed by atoms with Gasteiger partial charge in [-0.3, -0.25) is 14.9 Å². The van der Waals surface area contributed by atoms with Crippen molar-refractivity contribution in [2.75, 3.05) is 38.9 Å². The summed E-state index contributed by atoms with van der Waals surface area (Å²) in [5, 5.41) is 13.9. The molecule has 11 nitrogen and oxygen atoms in total. The Kier molecular flexibility index (Phi) is 8.71. The monoisotopic (exact) mass is 488 g/mol. The first-order valence-electron chi connectivity index (χ1n) is 11.1. The topological polar surface area (TPSA) is 135 Å². The van der Waals surface area contributed by atoms with Gasteiger partial charge >= 0.3 is 5.97 Å². The van der Waals surface area contributed by atoms with Gasteiger partial charge in [0, 0.05) is 12.5 Å². The molecule has 1 heterocycles. The first kappa shape index (κ1) is 25.6. The van der Waals surface area contributed by atoms with Crippen LogP contribution in [-0.2, 0) is 9.53 Å². The van der Waals surface area contributed by atoms with Gasteiger partial charge in [-0.1, -0.05) is 13.8 Å². The van der Waals surface area contributed by atoms with E-state index >= 15 is 0 Å². The fraction of sp³-hybridized carbons (Fsp3) is 0.417. The van der Waals surface area contributed by atoms with E-state index in [1.54, 1.807) is 6.07 Å². The van der Waals surface area contributed by atoms with Gasteiger partial charge in [0.2, 0.25) is 0 Å². The Bertz CT molecular complexity index is 1080. The number of hydrogen-bond donors (Lipinski definition) is 1. The van der Waals surface area contributed by atoms with E-state index in [0.717, 1.165) is 6.42 Å². The number of hydrogen-bond acceptors (Lipinski definition) is 9. The molecule has 0 unspecified atom stereocenters. The molecule has 1 aliphatic heterocycles. The van der Waals surface area contributed by atoms with Crippen LogP contribution < -0.4 is 24.3 Å². The Morgan fingerprint density at radius 2 is 1.83 bits per heavy atom. The smallest absolute Gasteiger partial charge is 0.338 e. The Morgan fingerprint density at radius 3 is 2.49 bits per heavy atom. The number of nitro groups is 1. The summed E-state index contributed by atoms with van der Waals surface area (Å²) >= 11 is 0. The van der Waals surface area contributed by atoms with Crippen molar-refractivity contribution in [2.45, 2.75) is 26.7 Å². The standard InChI is InChI=1S/C24H28N2O9/c1-15(2)7-10-34-19-6-5-16(11-20(19)31-3)24(28)35-14-23(27)25-17-12-21-22(13-18(17)26(29)30)33-9-4-8-32-21/h5-6,11-13,15H,4,7-10,14H2,1-3H3,(H,25,27). The van der Waals surface area contributed by atoms with E-state index in [1.165, 1.54) is 31.4 Å². The molecule has 1 N–H and O–H groups in total. The van der Waals surface area contributed by atoms with Gasteiger partial charge in [0.25, 0.3) is 11.6 Å². The van der Waals surface area contributed by atoms with E-state index in [2.05, 4.69) is 19.2 Å². The fourth-order valence-electron chi connectivity index (χ4n) is 3.17. The van der Waals surface area contributed by atoms with Gasteiger partial charge in [0.05, 0.1) is 43.5 Å². The van der Waals surface area contributed by atoms with Gasteiger partial charge in [-0.25, -0.2) is 4.79 Å². The number of amides is 1. The first-order valence-corrected chi connectivity index (χ1v) is 11.1. The van der Waals surface area contributed by atoms with Crippen molar-refractivity contribution in [3.05, 3.63) is 46.0 Å². The number of benzene rings is 2. The summed E-state index contributed by atoms with van der Waals surface area (Å²) in [5.41, 5.74) is -0.302. The number of carbonyl (C=O) groups excluding carboxylic acids is 2. The van der Waals surface area contributed by atoms with E-state index in [-0.39, 0.29) is 28.4 Å². The number of esters is 1. The highest BCUT2D eigenvalue weighted by Crippen LogP contribution is 2.39. The van der Waals surface area contributed by atoms with Crippen molar-refractivity contribution < 1.29 is 38.2 Å². The summed E-state index contributed by atoms with van der Waals surface area (Å²) in [6.45, 7) is 4.76. The molecule has 3 rings (SSSR count). The van der Waals surface area contributed by atoms with Crippen LogP contribution in [-0.4, -0.2) is 50.3 Å².